The van der Waals surface area contributed by atoms with Crippen molar-refractivity contribution in [1.82, 2.24) is 25.4 Å². The minimum Gasteiger partial charge on any atom is -0.494 e. The maximum atomic E-state index is 12.3. The number of benzene rings is 1. The Bertz CT molecular complexity index is 1190. The van der Waals surface area contributed by atoms with Gasteiger partial charge in [-0.3, -0.25) is 14.8 Å². The highest BCUT2D eigenvalue weighted by atomic mass is 16.5. The molecule has 13 nitrogen and oxygen atoms in total. The zero-order valence-electron chi connectivity index (χ0n) is 18.4. The number of fused-ring (bicyclic) bond motifs is 1. The van der Waals surface area contributed by atoms with Gasteiger partial charge in [0, 0.05) is 43.6 Å². The largest absolute Gasteiger partial charge is 0.494 e. The Balaban J connectivity index is 1.59. The number of hydrogen-bond acceptors (Lipinski definition) is 11. The summed E-state index contributed by atoms with van der Waals surface area (Å²) in [5.74, 6) is 0.902. The van der Waals surface area contributed by atoms with Crippen molar-refractivity contribution in [1.29, 1.82) is 0 Å². The molecule has 0 spiro atoms. The molecule has 0 aliphatic carbocycles. The predicted molar refractivity (Wildman–Crippen MR) is 122 cm³/mol. The second-order valence-corrected chi connectivity index (χ2v) is 7.34. The first-order valence-electron chi connectivity index (χ1n) is 10.6. The summed E-state index contributed by atoms with van der Waals surface area (Å²) in [6, 6.07) is 5.18. The Kier molecular flexibility index (Phi) is 7.25. The van der Waals surface area contributed by atoms with Crippen LogP contribution in [0, 0.1) is 0 Å². The standard InChI is InChI=1S/C21H24N8O5/c1-33-16-11-14-13(10-15(16)25-18(30)2-3-19(31)28-32)20(24-12-23-14)27-21-22-5-4-17(26-21)29-6-8-34-9-7-29/h4-5,10-12,32H,2-3,6-9H2,1H3,(H,25,30)(H,28,31)(H,22,23,24,26,27). The van der Waals surface area contributed by atoms with Gasteiger partial charge < -0.3 is 25.0 Å². The van der Waals surface area contributed by atoms with E-state index in [1.54, 1.807) is 18.3 Å². The Hall–Kier alpha value is -4.10. The van der Waals surface area contributed by atoms with Gasteiger partial charge in [-0.25, -0.2) is 20.4 Å². The van der Waals surface area contributed by atoms with E-state index in [9.17, 15) is 9.59 Å². The molecule has 0 saturated carbocycles. The van der Waals surface area contributed by atoms with E-state index >= 15 is 0 Å². The lowest BCUT2D eigenvalue weighted by Gasteiger charge is -2.27. The van der Waals surface area contributed by atoms with Crippen molar-refractivity contribution in [2.24, 2.45) is 0 Å². The highest BCUT2D eigenvalue weighted by Crippen LogP contribution is 2.33. The molecule has 1 aliphatic heterocycles. The lowest BCUT2D eigenvalue weighted by Crippen LogP contribution is -2.36. The SMILES string of the molecule is COc1cc2ncnc(Nc3nccc(N4CCOCC4)n3)c2cc1NC(=O)CCC(=O)NO. The van der Waals surface area contributed by atoms with Crippen molar-refractivity contribution in [2.45, 2.75) is 12.8 Å². The molecule has 4 rings (SSSR count). The normalized spacial score (nSPS) is 13.4. The molecule has 0 radical (unpaired) electrons. The van der Waals surface area contributed by atoms with E-state index < -0.39 is 11.8 Å². The van der Waals surface area contributed by atoms with Crippen molar-refractivity contribution in [3.8, 4) is 5.75 Å². The van der Waals surface area contributed by atoms with Gasteiger partial charge >= 0.3 is 0 Å². The highest BCUT2D eigenvalue weighted by Gasteiger charge is 2.16. The monoisotopic (exact) mass is 468 g/mol. The van der Waals surface area contributed by atoms with E-state index in [1.165, 1.54) is 18.9 Å². The molecule has 178 valence electrons. The van der Waals surface area contributed by atoms with Crippen molar-refractivity contribution in [2.75, 3.05) is 48.9 Å². The number of amides is 2. The Morgan fingerprint density at radius 1 is 1.15 bits per heavy atom. The number of hydrogen-bond donors (Lipinski definition) is 4. The quantitative estimate of drug-likeness (QED) is 0.278. The van der Waals surface area contributed by atoms with Gasteiger partial charge in [0.05, 0.1) is 31.5 Å². The van der Waals surface area contributed by atoms with Crippen LogP contribution >= 0.6 is 0 Å². The van der Waals surface area contributed by atoms with Crippen LogP contribution in [0.1, 0.15) is 12.8 Å². The molecule has 2 amide bonds. The van der Waals surface area contributed by atoms with Gasteiger partial charge in [0.15, 0.2) is 0 Å². The fourth-order valence-corrected chi connectivity index (χ4v) is 3.43. The molecular weight excluding hydrogens is 444 g/mol. The zero-order valence-corrected chi connectivity index (χ0v) is 18.4. The highest BCUT2D eigenvalue weighted by molar-refractivity contribution is 6.00. The summed E-state index contributed by atoms with van der Waals surface area (Å²) in [7, 11) is 1.47. The summed E-state index contributed by atoms with van der Waals surface area (Å²) in [6.45, 7) is 2.78. The van der Waals surface area contributed by atoms with Gasteiger partial charge in [-0.05, 0) is 12.1 Å². The van der Waals surface area contributed by atoms with E-state index in [0.717, 1.165) is 18.9 Å². The van der Waals surface area contributed by atoms with Gasteiger partial charge in [0.2, 0.25) is 17.8 Å². The van der Waals surface area contributed by atoms with Gasteiger partial charge in [-0.15, -0.1) is 0 Å². The van der Waals surface area contributed by atoms with Crippen LogP contribution in [-0.4, -0.2) is 70.4 Å². The number of methoxy groups -OCH3 is 1. The third kappa shape index (κ3) is 5.44. The van der Waals surface area contributed by atoms with Crippen molar-refractivity contribution in [3.63, 3.8) is 0 Å². The maximum Gasteiger partial charge on any atom is 0.243 e. The molecule has 1 fully saturated rings. The van der Waals surface area contributed by atoms with Crippen LogP contribution in [-0.2, 0) is 14.3 Å². The fraction of sp³-hybridized carbons (Fsp3) is 0.333. The number of anilines is 4. The molecule has 13 heteroatoms. The number of carbonyl (C=O) groups is 2. The number of hydroxylamine groups is 1. The third-order valence-electron chi connectivity index (χ3n) is 5.14. The predicted octanol–water partition coefficient (Wildman–Crippen LogP) is 1.23. The van der Waals surface area contributed by atoms with Crippen LogP contribution in [0.4, 0.5) is 23.3 Å². The first-order valence-corrected chi connectivity index (χ1v) is 10.6. The van der Waals surface area contributed by atoms with Crippen molar-refractivity contribution in [3.05, 3.63) is 30.7 Å². The molecule has 2 aromatic heterocycles. The topological polar surface area (TPSA) is 164 Å². The number of rotatable bonds is 8. The summed E-state index contributed by atoms with van der Waals surface area (Å²) >= 11 is 0. The van der Waals surface area contributed by atoms with E-state index in [0.29, 0.717) is 47.3 Å². The third-order valence-corrected chi connectivity index (χ3v) is 5.14. The minimum atomic E-state index is -0.653. The summed E-state index contributed by atoms with van der Waals surface area (Å²) in [4.78, 5) is 43.1. The van der Waals surface area contributed by atoms with Gasteiger partial charge in [0.25, 0.3) is 0 Å². The fourth-order valence-electron chi connectivity index (χ4n) is 3.43. The number of nitrogens with one attached hydrogen (secondary N) is 3. The number of carbonyl (C=O) groups excluding carboxylic acids is 2. The average molecular weight is 468 g/mol. The summed E-state index contributed by atoms with van der Waals surface area (Å²) < 4.78 is 10.8. The van der Waals surface area contributed by atoms with Crippen LogP contribution in [0.25, 0.3) is 10.9 Å². The van der Waals surface area contributed by atoms with Gasteiger partial charge in [0.1, 0.15) is 23.7 Å². The van der Waals surface area contributed by atoms with Crippen LogP contribution in [0.3, 0.4) is 0 Å². The molecule has 4 N–H and O–H groups in total. The second-order valence-electron chi connectivity index (χ2n) is 7.34. The summed E-state index contributed by atoms with van der Waals surface area (Å²) in [5.41, 5.74) is 2.46. The summed E-state index contributed by atoms with van der Waals surface area (Å²) in [6.07, 6.45) is 2.79. The van der Waals surface area contributed by atoms with Crippen molar-refractivity contribution < 1.29 is 24.3 Å². The lowest BCUT2D eigenvalue weighted by atomic mass is 10.1. The molecule has 3 aromatic rings. The van der Waals surface area contributed by atoms with E-state index in [2.05, 4.69) is 35.5 Å². The first kappa shape index (κ1) is 23.1. The first-order chi connectivity index (χ1) is 16.6. The zero-order chi connectivity index (χ0) is 23.9. The van der Waals surface area contributed by atoms with Crippen LogP contribution in [0.2, 0.25) is 0 Å². The number of morpholine rings is 1. The summed E-state index contributed by atoms with van der Waals surface area (Å²) in [5, 5.41) is 15.0. The second kappa shape index (κ2) is 10.7. The molecule has 0 bridgehead atoms. The Morgan fingerprint density at radius 2 is 1.94 bits per heavy atom. The molecule has 1 saturated heterocycles. The van der Waals surface area contributed by atoms with E-state index in [-0.39, 0.29) is 12.8 Å². The molecule has 0 atom stereocenters. The Labute approximate surface area is 194 Å². The molecule has 3 heterocycles. The maximum absolute atomic E-state index is 12.3. The average Bonchev–Trinajstić information content (AvgIpc) is 2.88. The Morgan fingerprint density at radius 3 is 2.71 bits per heavy atom. The number of ether oxygens (including phenoxy) is 2. The molecule has 0 unspecified atom stereocenters. The van der Waals surface area contributed by atoms with Gasteiger partial charge in [-0.2, -0.15) is 4.98 Å². The van der Waals surface area contributed by atoms with Crippen LogP contribution in [0.15, 0.2) is 30.7 Å². The minimum absolute atomic E-state index is 0.119. The van der Waals surface area contributed by atoms with Gasteiger partial charge in [-0.1, -0.05) is 0 Å². The molecule has 34 heavy (non-hydrogen) atoms. The number of aromatic nitrogens is 4. The van der Waals surface area contributed by atoms with Crippen LogP contribution < -0.4 is 25.8 Å². The van der Waals surface area contributed by atoms with Crippen LogP contribution in [0.5, 0.6) is 5.75 Å². The lowest BCUT2D eigenvalue weighted by molar-refractivity contribution is -0.131. The molecular formula is C21H24N8O5. The van der Waals surface area contributed by atoms with Crippen molar-refractivity contribution >= 4 is 46.0 Å². The van der Waals surface area contributed by atoms with E-state index in [4.69, 9.17) is 14.7 Å². The molecule has 1 aromatic carbocycles. The van der Waals surface area contributed by atoms with E-state index in [1.807, 2.05) is 6.07 Å². The smallest absolute Gasteiger partial charge is 0.243 e. The molecule has 1 aliphatic rings. The number of nitrogens with zero attached hydrogens (tertiary/aromatic N) is 5.